The van der Waals surface area contributed by atoms with Crippen LogP contribution in [0.2, 0.25) is 0 Å². The van der Waals surface area contributed by atoms with Crippen molar-refractivity contribution in [3.05, 3.63) is 35.4 Å². The van der Waals surface area contributed by atoms with Crippen LogP contribution in [0.1, 0.15) is 36.8 Å². The molecular formula is C19H24F3NO3. The van der Waals surface area contributed by atoms with Gasteiger partial charge in [0.2, 0.25) is 0 Å². The maximum atomic E-state index is 12.4. The first-order valence-electron chi connectivity index (χ1n) is 8.96. The van der Waals surface area contributed by atoms with Crippen LogP contribution in [0.3, 0.4) is 0 Å². The van der Waals surface area contributed by atoms with Crippen LogP contribution in [0, 0.1) is 11.3 Å². The number of nitrogens with zero attached hydrogens (tertiary/aromatic N) is 1. The topological polar surface area (TPSA) is 60.8 Å². The maximum absolute atomic E-state index is 12.4. The number of carboxylic acid groups (broad SMARTS) is 1. The molecule has 1 aromatic carbocycles. The van der Waals surface area contributed by atoms with Crippen LogP contribution in [-0.4, -0.2) is 46.5 Å². The fourth-order valence-electron chi connectivity index (χ4n) is 3.89. The van der Waals surface area contributed by atoms with Crippen molar-refractivity contribution in [2.45, 2.75) is 50.9 Å². The zero-order valence-corrected chi connectivity index (χ0v) is 14.5. The van der Waals surface area contributed by atoms with Crippen molar-refractivity contribution >= 4 is 5.97 Å². The van der Waals surface area contributed by atoms with Gasteiger partial charge in [-0.2, -0.15) is 13.2 Å². The lowest BCUT2D eigenvalue weighted by Gasteiger charge is -2.43. The Kier molecular flexibility index (Phi) is 5.30. The minimum absolute atomic E-state index is 0.212. The van der Waals surface area contributed by atoms with Crippen LogP contribution < -0.4 is 0 Å². The number of benzene rings is 1. The molecule has 0 bridgehead atoms. The molecule has 2 fully saturated rings. The highest BCUT2D eigenvalue weighted by atomic mass is 19.4. The second-order valence-corrected chi connectivity index (χ2v) is 7.73. The van der Waals surface area contributed by atoms with Gasteiger partial charge >= 0.3 is 12.1 Å². The number of likely N-dealkylation sites (tertiary alicyclic amines) is 1. The van der Waals surface area contributed by atoms with Gasteiger partial charge in [-0.25, -0.2) is 0 Å². The molecule has 1 aliphatic carbocycles. The number of rotatable bonds is 6. The SMILES string of the molecule is O=C(O)[C@]1(CC2CC2)CN(Cc2ccc(CC(F)(F)F)cc2)CC[C@H]1O. The second kappa shape index (κ2) is 7.19. The van der Waals surface area contributed by atoms with Gasteiger partial charge in [-0.15, -0.1) is 0 Å². The quantitative estimate of drug-likeness (QED) is 0.806. The molecule has 0 radical (unpaired) electrons. The van der Waals surface area contributed by atoms with Crippen LogP contribution in [0.25, 0.3) is 0 Å². The molecule has 1 aromatic rings. The van der Waals surface area contributed by atoms with E-state index in [1.165, 1.54) is 12.1 Å². The zero-order valence-electron chi connectivity index (χ0n) is 14.5. The lowest BCUT2D eigenvalue weighted by molar-refractivity contribution is -0.165. The van der Waals surface area contributed by atoms with E-state index in [9.17, 15) is 28.2 Å². The molecule has 1 heterocycles. The number of hydrogen-bond donors (Lipinski definition) is 2. The van der Waals surface area contributed by atoms with Crippen molar-refractivity contribution in [1.82, 2.24) is 4.90 Å². The first-order chi connectivity index (χ1) is 12.2. The van der Waals surface area contributed by atoms with E-state index in [4.69, 9.17) is 0 Å². The Balaban J connectivity index is 1.67. The minimum atomic E-state index is -4.23. The molecule has 4 nitrogen and oxygen atoms in total. The predicted octanol–water partition coefficient (Wildman–Crippen LogP) is 3.23. The summed E-state index contributed by atoms with van der Waals surface area (Å²) in [5.74, 6) is -0.579. The van der Waals surface area contributed by atoms with Gasteiger partial charge in [0.05, 0.1) is 12.5 Å². The molecule has 26 heavy (non-hydrogen) atoms. The third-order valence-corrected chi connectivity index (χ3v) is 5.47. The lowest BCUT2D eigenvalue weighted by atomic mass is 9.73. The molecule has 1 saturated carbocycles. The summed E-state index contributed by atoms with van der Waals surface area (Å²) >= 11 is 0. The third-order valence-electron chi connectivity index (χ3n) is 5.47. The molecule has 7 heteroatoms. The molecule has 0 amide bonds. The molecule has 144 valence electrons. The zero-order chi connectivity index (χ0) is 18.9. The summed E-state index contributed by atoms with van der Waals surface area (Å²) in [5, 5.41) is 20.2. The number of carboxylic acids is 1. The fraction of sp³-hybridized carbons (Fsp3) is 0.632. The van der Waals surface area contributed by atoms with Crippen molar-refractivity contribution in [1.29, 1.82) is 0 Å². The Morgan fingerprint density at radius 3 is 2.31 bits per heavy atom. The van der Waals surface area contributed by atoms with Gasteiger partial charge in [0.15, 0.2) is 0 Å². The molecule has 1 saturated heterocycles. The Morgan fingerprint density at radius 2 is 1.77 bits per heavy atom. The van der Waals surface area contributed by atoms with E-state index in [0.29, 0.717) is 31.8 Å². The summed E-state index contributed by atoms with van der Waals surface area (Å²) in [5.41, 5.74) is -0.0858. The summed E-state index contributed by atoms with van der Waals surface area (Å²) < 4.78 is 37.3. The highest BCUT2D eigenvalue weighted by Crippen LogP contribution is 2.45. The molecule has 3 rings (SSSR count). The Bertz CT molecular complexity index is 642. The van der Waals surface area contributed by atoms with Gasteiger partial charge in [0.25, 0.3) is 0 Å². The highest BCUT2D eigenvalue weighted by molar-refractivity contribution is 5.76. The minimum Gasteiger partial charge on any atom is -0.481 e. The molecule has 2 N–H and O–H groups in total. The highest BCUT2D eigenvalue weighted by Gasteiger charge is 2.51. The number of aliphatic hydroxyl groups is 1. The van der Waals surface area contributed by atoms with Gasteiger partial charge < -0.3 is 10.2 Å². The second-order valence-electron chi connectivity index (χ2n) is 7.73. The number of aliphatic carboxylic acids is 1. The lowest BCUT2D eigenvalue weighted by Crippen LogP contribution is -2.55. The average Bonchev–Trinajstić information content (AvgIpc) is 3.35. The van der Waals surface area contributed by atoms with Crippen LogP contribution in [0.15, 0.2) is 24.3 Å². The largest absolute Gasteiger partial charge is 0.481 e. The summed E-state index contributed by atoms with van der Waals surface area (Å²) in [6.45, 7) is 1.31. The van der Waals surface area contributed by atoms with E-state index in [0.717, 1.165) is 18.4 Å². The van der Waals surface area contributed by atoms with E-state index in [1.807, 2.05) is 4.90 Å². The van der Waals surface area contributed by atoms with Crippen molar-refractivity contribution in [2.75, 3.05) is 13.1 Å². The van der Waals surface area contributed by atoms with Gasteiger partial charge in [-0.1, -0.05) is 37.1 Å². The summed E-state index contributed by atoms with van der Waals surface area (Å²) in [4.78, 5) is 13.9. The first kappa shape index (κ1) is 19.2. The van der Waals surface area contributed by atoms with E-state index >= 15 is 0 Å². The van der Waals surface area contributed by atoms with Crippen LogP contribution in [0.5, 0.6) is 0 Å². The Hall–Kier alpha value is -1.60. The first-order valence-corrected chi connectivity index (χ1v) is 8.96. The molecule has 2 aliphatic rings. The molecule has 2 atom stereocenters. The summed E-state index contributed by atoms with van der Waals surface area (Å²) in [7, 11) is 0. The monoisotopic (exact) mass is 371 g/mol. The van der Waals surface area contributed by atoms with E-state index in [2.05, 4.69) is 0 Å². The number of piperidine rings is 1. The van der Waals surface area contributed by atoms with Gasteiger partial charge in [0, 0.05) is 19.6 Å². The fourth-order valence-corrected chi connectivity index (χ4v) is 3.89. The van der Waals surface area contributed by atoms with E-state index in [1.54, 1.807) is 12.1 Å². The van der Waals surface area contributed by atoms with E-state index in [-0.39, 0.29) is 12.1 Å². The number of alkyl halides is 3. The number of halogens is 3. The standard InChI is InChI=1S/C19H24F3NO3/c20-19(21,22)10-14-3-5-15(6-4-14)11-23-8-7-16(24)18(12-23,17(25)26)9-13-1-2-13/h3-6,13,16,24H,1-2,7-12H2,(H,25,26)/t16-,18-/m1/s1. The predicted molar refractivity (Wildman–Crippen MR) is 89.5 cm³/mol. The number of hydrogen-bond acceptors (Lipinski definition) is 3. The van der Waals surface area contributed by atoms with Crippen molar-refractivity contribution in [3.8, 4) is 0 Å². The van der Waals surface area contributed by atoms with Gasteiger partial charge in [-0.3, -0.25) is 9.69 Å². The van der Waals surface area contributed by atoms with Gasteiger partial charge in [-0.05, 0) is 29.9 Å². The van der Waals surface area contributed by atoms with Crippen LogP contribution in [-0.2, 0) is 17.8 Å². The van der Waals surface area contributed by atoms with Crippen molar-refractivity contribution < 1.29 is 28.2 Å². The molecular weight excluding hydrogens is 347 g/mol. The smallest absolute Gasteiger partial charge is 0.393 e. The van der Waals surface area contributed by atoms with E-state index < -0.39 is 30.1 Å². The number of aliphatic hydroxyl groups excluding tert-OH is 1. The van der Waals surface area contributed by atoms with Crippen molar-refractivity contribution in [3.63, 3.8) is 0 Å². The molecule has 0 unspecified atom stereocenters. The van der Waals surface area contributed by atoms with Gasteiger partial charge in [0.1, 0.15) is 5.41 Å². The van der Waals surface area contributed by atoms with Crippen LogP contribution >= 0.6 is 0 Å². The molecule has 0 spiro atoms. The molecule has 1 aliphatic heterocycles. The Labute approximate surface area is 150 Å². The average molecular weight is 371 g/mol. The summed E-state index contributed by atoms with van der Waals surface area (Å²) in [6, 6.07) is 6.26. The van der Waals surface area contributed by atoms with Crippen molar-refractivity contribution in [2.24, 2.45) is 11.3 Å². The normalized spacial score (nSPS) is 27.5. The third kappa shape index (κ3) is 4.57. The Morgan fingerprint density at radius 1 is 1.15 bits per heavy atom. The summed E-state index contributed by atoms with van der Waals surface area (Å²) in [6.07, 6.45) is -3.12. The maximum Gasteiger partial charge on any atom is 0.393 e. The van der Waals surface area contributed by atoms with Crippen LogP contribution in [0.4, 0.5) is 13.2 Å². The molecule has 0 aromatic heterocycles. The number of carbonyl (C=O) groups is 1.